The van der Waals surface area contributed by atoms with Crippen LogP contribution in [0.15, 0.2) is 53.0 Å². The molecule has 1 N–H and O–H groups in total. The number of benzene rings is 2. The van der Waals surface area contributed by atoms with Gasteiger partial charge in [0.05, 0.1) is 18.8 Å². The first-order valence-electron chi connectivity index (χ1n) is 9.95. The van der Waals surface area contributed by atoms with Gasteiger partial charge < -0.3 is 19.9 Å². The average molecular weight is 458 g/mol. The summed E-state index contributed by atoms with van der Waals surface area (Å²) in [5, 5.41) is 2.92. The number of likely N-dealkylation sites (tertiary alicyclic amines) is 1. The summed E-state index contributed by atoms with van der Waals surface area (Å²) in [6.45, 7) is 2.08. The Morgan fingerprint density at radius 2 is 1.76 bits per heavy atom. The van der Waals surface area contributed by atoms with Crippen LogP contribution in [-0.4, -0.2) is 49.0 Å². The molecule has 2 aromatic rings. The second kappa shape index (κ2) is 8.86. The monoisotopic (exact) mass is 457 g/mol. The summed E-state index contributed by atoms with van der Waals surface area (Å²) in [6, 6.07) is 15.0. The predicted molar refractivity (Wildman–Crippen MR) is 116 cm³/mol. The van der Waals surface area contributed by atoms with Crippen molar-refractivity contribution in [2.45, 2.75) is 25.4 Å². The number of ether oxygens (including phenoxy) is 1. The van der Waals surface area contributed by atoms with Crippen LogP contribution < -0.4 is 15.0 Å². The van der Waals surface area contributed by atoms with Gasteiger partial charge in [-0.25, -0.2) is 0 Å². The molecule has 1 unspecified atom stereocenters. The zero-order chi connectivity index (χ0) is 20.2. The zero-order valence-corrected chi connectivity index (χ0v) is 17.7. The highest BCUT2D eigenvalue weighted by molar-refractivity contribution is 9.10. The number of carbonyl (C=O) groups excluding carboxylic acids is 2. The summed E-state index contributed by atoms with van der Waals surface area (Å²) < 4.78 is 6.98. The van der Waals surface area contributed by atoms with E-state index in [9.17, 15) is 9.59 Å². The van der Waals surface area contributed by atoms with Crippen LogP contribution in [0.1, 0.15) is 19.3 Å². The van der Waals surface area contributed by atoms with Gasteiger partial charge in [-0.05, 0) is 55.7 Å². The summed E-state index contributed by atoms with van der Waals surface area (Å²) in [6.07, 6.45) is 2.65. The highest BCUT2D eigenvalue weighted by atomic mass is 79.9. The number of hydrogen-bond donors (Lipinski definition) is 1. The lowest BCUT2D eigenvalue weighted by atomic mass is 10.1. The van der Waals surface area contributed by atoms with Gasteiger partial charge >= 0.3 is 0 Å². The van der Waals surface area contributed by atoms with E-state index in [1.165, 1.54) is 6.42 Å². The van der Waals surface area contributed by atoms with Crippen LogP contribution in [0.2, 0.25) is 0 Å². The molecule has 152 valence electrons. The van der Waals surface area contributed by atoms with Crippen molar-refractivity contribution in [3.63, 3.8) is 0 Å². The fourth-order valence-corrected chi connectivity index (χ4v) is 4.07. The lowest BCUT2D eigenvalue weighted by molar-refractivity contribution is -0.139. The summed E-state index contributed by atoms with van der Waals surface area (Å²) in [5.74, 6) is 0.524. The van der Waals surface area contributed by atoms with E-state index in [1.807, 2.05) is 58.3 Å². The Kier molecular flexibility index (Phi) is 6.04. The maximum absolute atomic E-state index is 13.0. The van der Waals surface area contributed by atoms with Gasteiger partial charge in [0.2, 0.25) is 5.91 Å². The topological polar surface area (TPSA) is 61.9 Å². The van der Waals surface area contributed by atoms with Crippen molar-refractivity contribution in [1.82, 2.24) is 4.90 Å². The Bertz CT molecular complexity index is 881. The molecule has 2 amide bonds. The molecule has 2 aromatic carbocycles. The van der Waals surface area contributed by atoms with Gasteiger partial charge in [0.15, 0.2) is 6.10 Å². The molecule has 0 bridgehead atoms. The van der Waals surface area contributed by atoms with E-state index in [4.69, 9.17) is 4.74 Å². The molecule has 2 aliphatic heterocycles. The zero-order valence-electron chi connectivity index (χ0n) is 16.1. The molecule has 4 rings (SSSR count). The fraction of sp³-hybridized carbons (Fsp3) is 0.364. The second-order valence-electron chi connectivity index (χ2n) is 7.40. The number of fused-ring (bicyclic) bond motifs is 1. The van der Waals surface area contributed by atoms with Gasteiger partial charge in [-0.15, -0.1) is 0 Å². The van der Waals surface area contributed by atoms with Gasteiger partial charge in [-0.2, -0.15) is 0 Å². The van der Waals surface area contributed by atoms with Gasteiger partial charge in [-0.3, -0.25) is 9.59 Å². The first-order chi connectivity index (χ1) is 14.1. The van der Waals surface area contributed by atoms with E-state index in [2.05, 4.69) is 21.2 Å². The molecular formula is C22H24BrN3O3. The summed E-state index contributed by atoms with van der Waals surface area (Å²) >= 11 is 3.39. The van der Waals surface area contributed by atoms with E-state index in [-0.39, 0.29) is 18.4 Å². The Labute approximate surface area is 178 Å². The number of para-hydroxylation sites is 2. The smallest absolute Gasteiger partial charge is 0.265 e. The van der Waals surface area contributed by atoms with Crippen LogP contribution in [0.3, 0.4) is 0 Å². The highest BCUT2D eigenvalue weighted by Crippen LogP contribution is 2.33. The molecule has 1 atom stereocenters. The Balaban J connectivity index is 1.48. The third-order valence-corrected chi connectivity index (χ3v) is 5.80. The van der Waals surface area contributed by atoms with E-state index in [0.717, 1.165) is 41.8 Å². The van der Waals surface area contributed by atoms with Crippen LogP contribution in [0.5, 0.6) is 5.75 Å². The Hall–Kier alpha value is -2.54. The largest absolute Gasteiger partial charge is 0.477 e. The number of halogens is 1. The standard InChI is InChI=1S/C22H24BrN3O3/c23-16-8-10-17(11-9-16)24-21(27)15-26-14-20(22(28)25-12-4-1-5-13-25)29-19-7-3-2-6-18(19)26/h2-3,6-11,20H,1,4-5,12-15H2,(H,24,27). The highest BCUT2D eigenvalue weighted by Gasteiger charge is 2.34. The Morgan fingerprint density at radius 1 is 1.03 bits per heavy atom. The maximum Gasteiger partial charge on any atom is 0.265 e. The lowest BCUT2D eigenvalue weighted by Crippen LogP contribution is -2.52. The molecule has 2 aliphatic rings. The lowest BCUT2D eigenvalue weighted by Gasteiger charge is -2.38. The fourth-order valence-electron chi connectivity index (χ4n) is 3.81. The quantitative estimate of drug-likeness (QED) is 0.760. The van der Waals surface area contributed by atoms with Crippen molar-refractivity contribution in [3.8, 4) is 5.75 Å². The number of nitrogens with one attached hydrogen (secondary N) is 1. The molecule has 0 aromatic heterocycles. The molecule has 0 aliphatic carbocycles. The van der Waals surface area contributed by atoms with Crippen LogP contribution in [0.4, 0.5) is 11.4 Å². The van der Waals surface area contributed by atoms with Gasteiger partial charge in [0.25, 0.3) is 5.91 Å². The molecule has 1 saturated heterocycles. The van der Waals surface area contributed by atoms with Crippen molar-refractivity contribution in [2.75, 3.05) is 36.4 Å². The van der Waals surface area contributed by atoms with E-state index in [1.54, 1.807) is 0 Å². The van der Waals surface area contributed by atoms with Crippen molar-refractivity contribution in [1.29, 1.82) is 0 Å². The number of nitrogens with zero attached hydrogens (tertiary/aromatic N) is 2. The number of hydrogen-bond acceptors (Lipinski definition) is 4. The van der Waals surface area contributed by atoms with E-state index >= 15 is 0 Å². The van der Waals surface area contributed by atoms with Crippen molar-refractivity contribution < 1.29 is 14.3 Å². The van der Waals surface area contributed by atoms with Gasteiger partial charge in [0, 0.05) is 23.2 Å². The van der Waals surface area contributed by atoms with Crippen molar-refractivity contribution in [2.24, 2.45) is 0 Å². The molecule has 0 spiro atoms. The molecule has 1 fully saturated rings. The van der Waals surface area contributed by atoms with E-state index < -0.39 is 6.10 Å². The summed E-state index contributed by atoms with van der Waals surface area (Å²) in [5.41, 5.74) is 1.57. The van der Waals surface area contributed by atoms with Crippen LogP contribution in [-0.2, 0) is 9.59 Å². The minimum absolute atomic E-state index is 0.0116. The molecule has 0 radical (unpaired) electrons. The third-order valence-electron chi connectivity index (χ3n) is 5.27. The minimum atomic E-state index is -0.594. The summed E-state index contributed by atoms with van der Waals surface area (Å²) in [4.78, 5) is 29.5. The predicted octanol–water partition coefficient (Wildman–Crippen LogP) is 3.67. The minimum Gasteiger partial charge on any atom is -0.477 e. The van der Waals surface area contributed by atoms with Crippen LogP contribution in [0.25, 0.3) is 0 Å². The third kappa shape index (κ3) is 4.72. The molecular weight excluding hydrogens is 434 g/mol. The molecule has 2 heterocycles. The van der Waals surface area contributed by atoms with Gasteiger partial charge in [-0.1, -0.05) is 28.1 Å². The molecule has 0 saturated carbocycles. The number of piperidine rings is 1. The normalized spacial score (nSPS) is 18.6. The van der Waals surface area contributed by atoms with Crippen LogP contribution >= 0.6 is 15.9 Å². The number of carbonyl (C=O) groups is 2. The maximum atomic E-state index is 13.0. The van der Waals surface area contributed by atoms with Crippen molar-refractivity contribution in [3.05, 3.63) is 53.0 Å². The number of rotatable bonds is 4. The SMILES string of the molecule is O=C(CN1CC(C(=O)N2CCCCC2)Oc2ccccc21)Nc1ccc(Br)cc1. The molecule has 6 nitrogen and oxygen atoms in total. The summed E-state index contributed by atoms with van der Waals surface area (Å²) in [7, 11) is 0. The van der Waals surface area contributed by atoms with Crippen LogP contribution in [0, 0.1) is 0 Å². The first-order valence-corrected chi connectivity index (χ1v) is 10.7. The first kappa shape index (κ1) is 19.8. The van der Waals surface area contributed by atoms with Crippen molar-refractivity contribution >= 4 is 39.1 Å². The average Bonchev–Trinajstić information content (AvgIpc) is 2.75. The second-order valence-corrected chi connectivity index (χ2v) is 8.31. The Morgan fingerprint density at radius 3 is 2.52 bits per heavy atom. The number of amides is 2. The van der Waals surface area contributed by atoms with Gasteiger partial charge in [0.1, 0.15) is 5.75 Å². The van der Waals surface area contributed by atoms with E-state index in [0.29, 0.717) is 12.3 Å². The molecule has 7 heteroatoms. The molecule has 29 heavy (non-hydrogen) atoms. The number of anilines is 2.